The molecule has 0 aliphatic carbocycles. The van der Waals surface area contributed by atoms with Gasteiger partial charge < -0.3 is 10.1 Å². The Morgan fingerprint density at radius 1 is 1.12 bits per heavy atom. The number of hydrogen-bond acceptors (Lipinski definition) is 4. The van der Waals surface area contributed by atoms with E-state index in [1.54, 1.807) is 17.5 Å². The topological polar surface area (TPSA) is 51.2 Å². The molecular formula is C17H12F2N2O2S. The summed E-state index contributed by atoms with van der Waals surface area (Å²) < 4.78 is 36.7. The fraction of sp³-hybridized carbons (Fsp3) is 0.0588. The molecular weight excluding hydrogens is 334 g/mol. The SMILES string of the molecule is O=C(NCc1ccc(Oc2ccccc2F)c(F)c1)c1cnsc1. The third kappa shape index (κ3) is 3.75. The number of nitrogens with one attached hydrogen (secondary N) is 1. The number of carbonyl (C=O) groups is 1. The van der Waals surface area contributed by atoms with Gasteiger partial charge in [-0.3, -0.25) is 4.79 Å². The highest BCUT2D eigenvalue weighted by Crippen LogP contribution is 2.27. The maximum Gasteiger partial charge on any atom is 0.254 e. The van der Waals surface area contributed by atoms with E-state index in [2.05, 4.69) is 9.69 Å². The third-order valence-electron chi connectivity index (χ3n) is 3.20. The molecule has 0 saturated carbocycles. The van der Waals surface area contributed by atoms with Crippen LogP contribution in [0, 0.1) is 11.6 Å². The fourth-order valence-electron chi connectivity index (χ4n) is 1.98. The minimum Gasteiger partial charge on any atom is -0.451 e. The van der Waals surface area contributed by atoms with E-state index >= 15 is 0 Å². The molecule has 1 aromatic heterocycles. The van der Waals surface area contributed by atoms with Crippen LogP contribution in [0.5, 0.6) is 11.5 Å². The van der Waals surface area contributed by atoms with Crippen LogP contribution >= 0.6 is 11.5 Å². The first-order chi connectivity index (χ1) is 11.6. The van der Waals surface area contributed by atoms with Gasteiger partial charge in [-0.05, 0) is 41.4 Å². The molecule has 1 amide bonds. The van der Waals surface area contributed by atoms with Crippen LogP contribution in [0.3, 0.4) is 0 Å². The molecule has 0 radical (unpaired) electrons. The van der Waals surface area contributed by atoms with Crippen LogP contribution in [0.15, 0.2) is 54.0 Å². The maximum absolute atomic E-state index is 14.1. The van der Waals surface area contributed by atoms with Crippen molar-refractivity contribution in [3.05, 3.63) is 76.8 Å². The lowest BCUT2D eigenvalue weighted by Crippen LogP contribution is -2.22. The number of nitrogens with zero attached hydrogens (tertiary/aromatic N) is 1. The highest BCUT2D eigenvalue weighted by Gasteiger charge is 2.10. The predicted octanol–water partition coefficient (Wildman–Crippen LogP) is 4.14. The lowest BCUT2D eigenvalue weighted by atomic mass is 10.2. The van der Waals surface area contributed by atoms with Gasteiger partial charge in [0, 0.05) is 11.9 Å². The minimum absolute atomic E-state index is 0.0533. The van der Waals surface area contributed by atoms with Gasteiger partial charge in [-0.25, -0.2) is 13.2 Å². The van der Waals surface area contributed by atoms with Crippen molar-refractivity contribution < 1.29 is 18.3 Å². The molecule has 2 aromatic carbocycles. The first-order valence-corrected chi connectivity index (χ1v) is 7.85. The van der Waals surface area contributed by atoms with E-state index in [-0.39, 0.29) is 24.0 Å². The molecule has 0 fully saturated rings. The predicted molar refractivity (Wildman–Crippen MR) is 86.2 cm³/mol. The zero-order chi connectivity index (χ0) is 16.9. The zero-order valence-corrected chi connectivity index (χ0v) is 13.1. The summed E-state index contributed by atoms with van der Waals surface area (Å²) in [7, 11) is 0. The molecule has 24 heavy (non-hydrogen) atoms. The maximum atomic E-state index is 14.1. The molecule has 122 valence electrons. The first kappa shape index (κ1) is 16.1. The molecule has 0 unspecified atom stereocenters. The van der Waals surface area contributed by atoms with Gasteiger partial charge in [-0.2, -0.15) is 0 Å². The van der Waals surface area contributed by atoms with Crippen molar-refractivity contribution in [1.29, 1.82) is 0 Å². The number of aromatic nitrogens is 1. The normalized spacial score (nSPS) is 10.4. The number of para-hydroxylation sites is 1. The standard InChI is InChI=1S/C17H12F2N2O2S/c18-13-3-1-2-4-15(13)23-16-6-5-11(7-14(16)19)8-20-17(22)12-9-21-24-10-12/h1-7,9-10H,8H2,(H,20,22). The Labute approximate surface area is 140 Å². The van der Waals surface area contributed by atoms with Crippen LogP contribution in [0.4, 0.5) is 8.78 Å². The fourth-order valence-corrected chi connectivity index (χ4v) is 2.50. The number of amides is 1. The van der Waals surface area contributed by atoms with Crippen LogP contribution in [-0.4, -0.2) is 10.3 Å². The van der Waals surface area contributed by atoms with E-state index in [1.807, 2.05) is 0 Å². The molecule has 0 aliphatic rings. The summed E-state index contributed by atoms with van der Waals surface area (Å²) in [5.74, 6) is -1.63. The second kappa shape index (κ2) is 7.18. The van der Waals surface area contributed by atoms with E-state index in [1.165, 1.54) is 48.1 Å². The highest BCUT2D eigenvalue weighted by molar-refractivity contribution is 7.03. The van der Waals surface area contributed by atoms with Gasteiger partial charge >= 0.3 is 0 Å². The van der Waals surface area contributed by atoms with Gasteiger partial charge in [-0.1, -0.05) is 18.2 Å². The number of halogens is 2. The van der Waals surface area contributed by atoms with Crippen LogP contribution in [0.25, 0.3) is 0 Å². The summed E-state index contributed by atoms with van der Waals surface area (Å²) in [6, 6.07) is 10.0. The summed E-state index contributed by atoms with van der Waals surface area (Å²) in [6.45, 7) is 0.158. The van der Waals surface area contributed by atoms with E-state index in [0.29, 0.717) is 11.1 Å². The molecule has 3 aromatic rings. The van der Waals surface area contributed by atoms with Crippen molar-refractivity contribution >= 4 is 17.4 Å². The monoisotopic (exact) mass is 346 g/mol. The average Bonchev–Trinajstić information content (AvgIpc) is 3.11. The minimum atomic E-state index is -0.637. The lowest BCUT2D eigenvalue weighted by Gasteiger charge is -2.09. The molecule has 7 heteroatoms. The second-order valence-corrected chi connectivity index (χ2v) is 5.55. The second-order valence-electron chi connectivity index (χ2n) is 4.89. The summed E-state index contributed by atoms with van der Waals surface area (Å²) >= 11 is 1.18. The summed E-state index contributed by atoms with van der Waals surface area (Å²) in [4.78, 5) is 11.8. The number of ether oxygens (including phenoxy) is 1. The van der Waals surface area contributed by atoms with Crippen LogP contribution in [0.1, 0.15) is 15.9 Å². The molecule has 0 spiro atoms. The quantitative estimate of drug-likeness (QED) is 0.755. The Hall–Kier alpha value is -2.80. The molecule has 1 heterocycles. The van der Waals surface area contributed by atoms with Gasteiger partial charge in [0.2, 0.25) is 0 Å². The van der Waals surface area contributed by atoms with Crippen LogP contribution in [-0.2, 0) is 6.54 Å². The number of rotatable bonds is 5. The molecule has 4 nitrogen and oxygen atoms in total. The van der Waals surface area contributed by atoms with Crippen molar-refractivity contribution in [3.8, 4) is 11.5 Å². The zero-order valence-electron chi connectivity index (χ0n) is 12.3. The smallest absolute Gasteiger partial charge is 0.254 e. The largest absolute Gasteiger partial charge is 0.451 e. The number of benzene rings is 2. The van der Waals surface area contributed by atoms with Gasteiger partial charge in [0.05, 0.1) is 11.8 Å². The number of hydrogen-bond donors (Lipinski definition) is 1. The summed E-state index contributed by atoms with van der Waals surface area (Å²) in [6.07, 6.45) is 1.46. The molecule has 3 rings (SSSR count). The Morgan fingerprint density at radius 2 is 1.92 bits per heavy atom. The van der Waals surface area contributed by atoms with Gasteiger partial charge in [0.15, 0.2) is 23.1 Å². The van der Waals surface area contributed by atoms with Crippen molar-refractivity contribution in [1.82, 2.24) is 9.69 Å². The van der Waals surface area contributed by atoms with E-state index < -0.39 is 11.6 Å². The third-order valence-corrected chi connectivity index (χ3v) is 3.79. The Morgan fingerprint density at radius 3 is 2.62 bits per heavy atom. The van der Waals surface area contributed by atoms with Crippen LogP contribution in [0.2, 0.25) is 0 Å². The summed E-state index contributed by atoms with van der Waals surface area (Å²) in [5.41, 5.74) is 1.02. The van der Waals surface area contributed by atoms with Gasteiger partial charge in [0.1, 0.15) is 0 Å². The number of carbonyl (C=O) groups excluding carboxylic acids is 1. The Balaban J connectivity index is 1.66. The molecule has 0 bridgehead atoms. The van der Waals surface area contributed by atoms with Crippen molar-refractivity contribution in [2.75, 3.05) is 0 Å². The van der Waals surface area contributed by atoms with E-state index in [0.717, 1.165) is 0 Å². The van der Waals surface area contributed by atoms with Crippen molar-refractivity contribution in [2.45, 2.75) is 6.54 Å². The molecule has 0 saturated heterocycles. The molecule has 1 N–H and O–H groups in total. The lowest BCUT2D eigenvalue weighted by molar-refractivity contribution is 0.0951. The molecule has 0 aliphatic heterocycles. The van der Waals surface area contributed by atoms with Gasteiger partial charge in [-0.15, -0.1) is 0 Å². The average molecular weight is 346 g/mol. The first-order valence-electron chi connectivity index (χ1n) is 7.02. The van der Waals surface area contributed by atoms with Crippen LogP contribution < -0.4 is 10.1 Å². The van der Waals surface area contributed by atoms with Crippen molar-refractivity contribution in [3.63, 3.8) is 0 Å². The Kier molecular flexibility index (Phi) is 4.81. The Bertz CT molecular complexity index is 854. The van der Waals surface area contributed by atoms with Crippen molar-refractivity contribution in [2.24, 2.45) is 0 Å². The summed E-state index contributed by atoms with van der Waals surface area (Å²) in [5, 5.41) is 4.29. The highest BCUT2D eigenvalue weighted by atomic mass is 32.1. The van der Waals surface area contributed by atoms with E-state index in [9.17, 15) is 13.6 Å². The van der Waals surface area contributed by atoms with Gasteiger partial charge in [0.25, 0.3) is 5.91 Å². The van der Waals surface area contributed by atoms with E-state index in [4.69, 9.17) is 4.74 Å². The molecule has 0 atom stereocenters.